The molecule has 88 valence electrons. The van der Waals surface area contributed by atoms with Crippen LogP contribution in [0.1, 0.15) is 6.42 Å². The number of nitrogens with zero attached hydrogens (tertiary/aromatic N) is 3. The van der Waals surface area contributed by atoms with E-state index in [0.717, 1.165) is 17.0 Å². The Kier molecular flexibility index (Phi) is 2.43. The van der Waals surface area contributed by atoms with Gasteiger partial charge in [0.05, 0.1) is 11.0 Å². The molecule has 17 heavy (non-hydrogen) atoms. The van der Waals surface area contributed by atoms with Crippen LogP contribution in [0.25, 0.3) is 11.0 Å². The lowest BCUT2D eigenvalue weighted by Gasteiger charge is -2.14. The lowest BCUT2D eigenvalue weighted by molar-refractivity contribution is -0.117. The highest BCUT2D eigenvalue weighted by Crippen LogP contribution is 2.27. The largest absolute Gasteiger partial charge is 0.313 e. The molecule has 0 aliphatic carbocycles. The van der Waals surface area contributed by atoms with Crippen molar-refractivity contribution in [3.63, 3.8) is 0 Å². The monoisotopic (exact) mass is 293 g/mol. The zero-order valence-corrected chi connectivity index (χ0v) is 11.0. The summed E-state index contributed by atoms with van der Waals surface area (Å²) < 4.78 is 1.97. The molecule has 0 bridgehead atoms. The van der Waals surface area contributed by atoms with E-state index >= 15 is 0 Å². The number of carbonyl (C=O) groups excluding carboxylic acids is 1. The number of anilines is 1. The van der Waals surface area contributed by atoms with Crippen LogP contribution < -0.4 is 4.90 Å². The number of alkyl halides is 1. The average molecular weight is 294 g/mol. The van der Waals surface area contributed by atoms with E-state index in [-0.39, 0.29) is 10.7 Å². The van der Waals surface area contributed by atoms with Crippen LogP contribution >= 0.6 is 15.9 Å². The number of hydrogen-bond donors (Lipinski definition) is 0. The van der Waals surface area contributed by atoms with Gasteiger partial charge in [0.25, 0.3) is 0 Å². The van der Waals surface area contributed by atoms with Gasteiger partial charge in [-0.05, 0) is 12.1 Å². The summed E-state index contributed by atoms with van der Waals surface area (Å²) in [6, 6.07) is 7.91. The molecule has 1 saturated heterocycles. The van der Waals surface area contributed by atoms with E-state index in [9.17, 15) is 4.79 Å². The lowest BCUT2D eigenvalue weighted by atomic mass is 10.3. The number of benzene rings is 1. The molecule has 3 rings (SSSR count). The number of fused-ring (bicyclic) bond motifs is 1. The van der Waals surface area contributed by atoms with Crippen molar-refractivity contribution in [3.8, 4) is 0 Å². The minimum absolute atomic E-state index is 0.130. The fourth-order valence-corrected chi connectivity index (χ4v) is 2.80. The smallest absolute Gasteiger partial charge is 0.230 e. The third kappa shape index (κ3) is 1.65. The molecule has 1 unspecified atom stereocenters. The molecule has 0 radical (unpaired) electrons. The molecule has 1 aromatic heterocycles. The minimum atomic E-state index is 0.130. The Bertz CT molecular complexity index is 592. The summed E-state index contributed by atoms with van der Waals surface area (Å²) in [4.78, 5) is 18.4. The molecule has 0 saturated carbocycles. The first-order chi connectivity index (χ1) is 8.16. The van der Waals surface area contributed by atoms with Crippen molar-refractivity contribution in [1.29, 1.82) is 0 Å². The quantitative estimate of drug-likeness (QED) is 0.755. The van der Waals surface area contributed by atoms with Crippen molar-refractivity contribution in [2.45, 2.75) is 11.2 Å². The van der Waals surface area contributed by atoms with Crippen molar-refractivity contribution in [2.24, 2.45) is 7.05 Å². The molecule has 0 N–H and O–H groups in total. The van der Waals surface area contributed by atoms with Gasteiger partial charge in [0.1, 0.15) is 0 Å². The van der Waals surface area contributed by atoms with Crippen LogP contribution in [0, 0.1) is 0 Å². The topological polar surface area (TPSA) is 38.1 Å². The number of hydrogen-bond acceptors (Lipinski definition) is 2. The Labute approximate surface area is 107 Å². The van der Waals surface area contributed by atoms with Crippen LogP contribution in [0.5, 0.6) is 0 Å². The SMILES string of the molecule is Cn1c(N2CC(Br)CC2=O)nc2ccccc21. The van der Waals surface area contributed by atoms with Crippen LogP contribution in [-0.2, 0) is 11.8 Å². The van der Waals surface area contributed by atoms with E-state index in [1.54, 1.807) is 4.90 Å². The zero-order chi connectivity index (χ0) is 12.0. The maximum Gasteiger partial charge on any atom is 0.230 e. The third-order valence-electron chi connectivity index (χ3n) is 3.08. The molecule has 1 aliphatic heterocycles. The van der Waals surface area contributed by atoms with Gasteiger partial charge in [-0.3, -0.25) is 9.69 Å². The second kappa shape index (κ2) is 3.84. The first kappa shape index (κ1) is 10.8. The number of imidazole rings is 1. The number of aryl methyl sites for hydroxylation is 1. The summed E-state index contributed by atoms with van der Waals surface area (Å²) in [5, 5.41) is 0. The highest BCUT2D eigenvalue weighted by atomic mass is 79.9. The van der Waals surface area contributed by atoms with Crippen molar-refractivity contribution in [3.05, 3.63) is 24.3 Å². The van der Waals surface area contributed by atoms with Crippen LogP contribution in [0.2, 0.25) is 0 Å². The molecule has 1 aliphatic rings. The lowest BCUT2D eigenvalue weighted by Crippen LogP contribution is -2.27. The Morgan fingerprint density at radius 1 is 1.41 bits per heavy atom. The van der Waals surface area contributed by atoms with E-state index in [1.165, 1.54) is 0 Å². The highest BCUT2D eigenvalue weighted by molar-refractivity contribution is 9.09. The molecule has 4 nitrogen and oxygen atoms in total. The summed E-state index contributed by atoms with van der Waals surface area (Å²) in [5.74, 6) is 0.864. The summed E-state index contributed by atoms with van der Waals surface area (Å²) in [7, 11) is 1.94. The highest BCUT2D eigenvalue weighted by Gasteiger charge is 2.31. The number of aromatic nitrogens is 2. The van der Waals surface area contributed by atoms with E-state index in [4.69, 9.17) is 0 Å². The summed E-state index contributed by atoms with van der Waals surface area (Å²) in [6.07, 6.45) is 0.545. The molecular formula is C12H12BrN3O. The summed E-state index contributed by atoms with van der Waals surface area (Å²) >= 11 is 3.49. The van der Waals surface area contributed by atoms with Crippen molar-refractivity contribution >= 4 is 38.8 Å². The maximum atomic E-state index is 11.9. The Balaban J connectivity index is 2.12. The third-order valence-corrected chi connectivity index (χ3v) is 3.70. The zero-order valence-electron chi connectivity index (χ0n) is 9.43. The molecule has 1 amide bonds. The normalized spacial score (nSPS) is 20.5. The number of halogens is 1. The average Bonchev–Trinajstić information content (AvgIpc) is 2.80. The molecular weight excluding hydrogens is 282 g/mol. The van der Waals surface area contributed by atoms with Crippen LogP contribution in [0.4, 0.5) is 5.95 Å². The van der Waals surface area contributed by atoms with Gasteiger partial charge in [-0.15, -0.1) is 0 Å². The fourth-order valence-electron chi connectivity index (χ4n) is 2.23. The van der Waals surface area contributed by atoms with Crippen molar-refractivity contribution in [1.82, 2.24) is 9.55 Å². The summed E-state index contributed by atoms with van der Waals surface area (Å²) in [6.45, 7) is 0.690. The van der Waals surface area contributed by atoms with Gasteiger partial charge in [0.15, 0.2) is 0 Å². The van der Waals surface area contributed by atoms with Gasteiger partial charge in [0.2, 0.25) is 11.9 Å². The minimum Gasteiger partial charge on any atom is -0.313 e. The summed E-state index contributed by atoms with van der Waals surface area (Å²) in [5.41, 5.74) is 1.98. The van der Waals surface area contributed by atoms with Gasteiger partial charge in [-0.1, -0.05) is 28.1 Å². The van der Waals surface area contributed by atoms with Gasteiger partial charge in [0, 0.05) is 24.8 Å². The van der Waals surface area contributed by atoms with Gasteiger partial charge in [-0.25, -0.2) is 4.98 Å². The Hall–Kier alpha value is -1.36. The van der Waals surface area contributed by atoms with E-state index < -0.39 is 0 Å². The molecule has 2 aromatic rings. The Morgan fingerprint density at radius 3 is 2.82 bits per heavy atom. The van der Waals surface area contributed by atoms with Crippen LogP contribution in [0.3, 0.4) is 0 Å². The number of amides is 1. The van der Waals surface area contributed by atoms with Crippen molar-refractivity contribution < 1.29 is 4.79 Å². The molecule has 2 heterocycles. The molecule has 1 atom stereocenters. The van der Waals surface area contributed by atoms with Crippen LogP contribution in [-0.4, -0.2) is 26.8 Å². The molecule has 0 spiro atoms. The number of carbonyl (C=O) groups is 1. The molecule has 5 heteroatoms. The Morgan fingerprint density at radius 2 is 2.18 bits per heavy atom. The first-order valence-electron chi connectivity index (χ1n) is 5.52. The second-order valence-corrected chi connectivity index (χ2v) is 5.56. The number of rotatable bonds is 1. The molecule has 1 aromatic carbocycles. The predicted octanol–water partition coefficient (Wildman–Crippen LogP) is 2.07. The molecule has 1 fully saturated rings. The predicted molar refractivity (Wildman–Crippen MR) is 70.4 cm³/mol. The van der Waals surface area contributed by atoms with Gasteiger partial charge in [-0.2, -0.15) is 0 Å². The second-order valence-electron chi connectivity index (χ2n) is 4.27. The maximum absolute atomic E-state index is 11.9. The van der Waals surface area contributed by atoms with E-state index in [2.05, 4.69) is 20.9 Å². The number of para-hydroxylation sites is 2. The van der Waals surface area contributed by atoms with Gasteiger partial charge >= 0.3 is 0 Å². The van der Waals surface area contributed by atoms with Crippen LogP contribution in [0.15, 0.2) is 24.3 Å². The first-order valence-corrected chi connectivity index (χ1v) is 6.44. The standard InChI is InChI=1S/C12H12BrN3O/c1-15-10-5-3-2-4-9(10)14-12(15)16-7-8(13)6-11(16)17/h2-5,8H,6-7H2,1H3. The van der Waals surface area contributed by atoms with Gasteiger partial charge < -0.3 is 4.57 Å². The van der Waals surface area contributed by atoms with E-state index in [0.29, 0.717) is 13.0 Å². The van der Waals surface area contributed by atoms with Crippen molar-refractivity contribution in [2.75, 3.05) is 11.4 Å². The van der Waals surface area contributed by atoms with E-state index in [1.807, 2.05) is 35.9 Å². The fraction of sp³-hybridized carbons (Fsp3) is 0.333.